The van der Waals surface area contributed by atoms with E-state index in [9.17, 15) is 19.2 Å². The van der Waals surface area contributed by atoms with Crippen molar-refractivity contribution in [3.05, 3.63) is 0 Å². The zero-order chi connectivity index (χ0) is 27.4. The van der Waals surface area contributed by atoms with Crippen LogP contribution < -0.4 is 0 Å². The largest absolute Gasteiger partial charge is 0.467 e. The molecule has 14 nitrogen and oxygen atoms in total. The maximum atomic E-state index is 13.6. The number of methoxy groups -OCH3 is 8. The molecule has 0 unspecified atom stereocenters. The van der Waals surface area contributed by atoms with Crippen molar-refractivity contribution in [2.24, 2.45) is 23.7 Å². The van der Waals surface area contributed by atoms with Crippen LogP contribution in [0.5, 0.6) is 0 Å². The van der Waals surface area contributed by atoms with E-state index < -0.39 is 81.5 Å². The Balaban J connectivity index is 1.82. The second kappa shape index (κ2) is 7.61. The van der Waals surface area contributed by atoms with Gasteiger partial charge in [0.25, 0.3) is 0 Å². The molecule has 0 spiro atoms. The molecule has 4 bridgehead atoms. The molecule has 14 heteroatoms. The Kier molecular flexibility index (Phi) is 5.40. The zero-order valence-electron chi connectivity index (χ0n) is 21.7. The summed E-state index contributed by atoms with van der Waals surface area (Å²) >= 11 is 0. The summed E-state index contributed by atoms with van der Waals surface area (Å²) in [6, 6.07) is 0. The molecule has 7 aliphatic rings. The lowest BCUT2D eigenvalue weighted by Gasteiger charge is -2.60. The second-order valence-electron chi connectivity index (χ2n) is 9.66. The molecule has 3 aliphatic carbocycles. The van der Waals surface area contributed by atoms with Crippen molar-refractivity contribution in [3.63, 3.8) is 0 Å². The molecule has 4 heterocycles. The minimum absolute atomic E-state index is 0.0139. The van der Waals surface area contributed by atoms with Crippen LogP contribution in [0.1, 0.15) is 6.42 Å². The Morgan fingerprint density at radius 1 is 0.514 bits per heavy atom. The summed E-state index contributed by atoms with van der Waals surface area (Å²) in [5.41, 5.74) is -7.98. The van der Waals surface area contributed by atoms with E-state index in [-0.39, 0.29) is 6.42 Å². The standard InChI is InChI=1S/C23H30O14/c1-28-14(24)18-10-9-11-13(12(10)20(36-18,16(26)30-3)22(18,32-5)33-6)21(17(27)31-4)23(34-7,35-8)19(11,37-21)15(25)29-2/h10-13H,9H2,1-8H3/t10-,11-,12-,13-,18+,19+,20-,21-/m1/s1. The summed E-state index contributed by atoms with van der Waals surface area (Å²) < 4.78 is 55.8. The first-order valence-corrected chi connectivity index (χ1v) is 11.5. The van der Waals surface area contributed by atoms with Crippen LogP contribution in [0.15, 0.2) is 0 Å². The first-order valence-electron chi connectivity index (χ1n) is 11.5. The lowest BCUT2D eigenvalue weighted by Crippen LogP contribution is -2.85. The van der Waals surface area contributed by atoms with Crippen LogP contribution in [-0.2, 0) is 66.5 Å². The van der Waals surface area contributed by atoms with Gasteiger partial charge in [0.05, 0.1) is 28.4 Å². The maximum Gasteiger partial charge on any atom is 0.344 e. The third-order valence-electron chi connectivity index (χ3n) is 9.45. The first-order chi connectivity index (χ1) is 17.6. The van der Waals surface area contributed by atoms with Gasteiger partial charge >= 0.3 is 23.9 Å². The number of rotatable bonds is 8. The maximum absolute atomic E-state index is 13.6. The van der Waals surface area contributed by atoms with Gasteiger partial charge in [-0.2, -0.15) is 0 Å². The minimum Gasteiger partial charge on any atom is -0.467 e. The molecule has 37 heavy (non-hydrogen) atoms. The van der Waals surface area contributed by atoms with Crippen LogP contribution in [0.4, 0.5) is 0 Å². The van der Waals surface area contributed by atoms with Crippen LogP contribution >= 0.6 is 0 Å². The van der Waals surface area contributed by atoms with Crippen molar-refractivity contribution < 1.29 is 66.5 Å². The van der Waals surface area contributed by atoms with E-state index in [1.165, 1.54) is 28.4 Å². The molecular formula is C23H30O14. The summed E-state index contributed by atoms with van der Waals surface area (Å²) in [6.07, 6.45) is 0.0139. The first kappa shape index (κ1) is 26.3. The van der Waals surface area contributed by atoms with E-state index in [1.54, 1.807) is 0 Å². The summed E-state index contributed by atoms with van der Waals surface area (Å²) in [5, 5.41) is 0. The van der Waals surface area contributed by atoms with Gasteiger partial charge in [-0.1, -0.05) is 0 Å². The third kappa shape index (κ3) is 2.00. The molecule has 3 saturated carbocycles. The van der Waals surface area contributed by atoms with Gasteiger partial charge in [0.1, 0.15) is 0 Å². The third-order valence-corrected chi connectivity index (χ3v) is 9.45. The minimum atomic E-state index is -2.06. The Bertz CT molecular complexity index is 984. The number of esters is 4. The average Bonchev–Trinajstić information content (AvgIpc) is 3.61. The molecule has 8 atom stereocenters. The van der Waals surface area contributed by atoms with Gasteiger partial charge in [-0.25, -0.2) is 19.2 Å². The molecule has 0 radical (unpaired) electrons. The molecule has 4 saturated heterocycles. The van der Waals surface area contributed by atoms with Gasteiger partial charge in [0.2, 0.25) is 34.0 Å². The monoisotopic (exact) mass is 530 g/mol. The molecule has 7 rings (SSSR count). The fourth-order valence-electron chi connectivity index (χ4n) is 8.69. The molecule has 7 fully saturated rings. The van der Waals surface area contributed by atoms with Crippen LogP contribution in [0.25, 0.3) is 0 Å². The number of carbonyl (C=O) groups excluding carboxylic acids is 4. The van der Waals surface area contributed by atoms with Gasteiger partial charge in [0.15, 0.2) is 0 Å². The van der Waals surface area contributed by atoms with E-state index in [0.29, 0.717) is 0 Å². The lowest BCUT2D eigenvalue weighted by atomic mass is 9.69. The molecule has 4 aliphatic heterocycles. The highest BCUT2D eigenvalue weighted by Gasteiger charge is 3.06. The topological polar surface area (TPSA) is 161 Å². The van der Waals surface area contributed by atoms with Crippen molar-refractivity contribution in [2.45, 2.75) is 40.4 Å². The average molecular weight is 530 g/mol. The fraction of sp³-hybridized carbons (Fsp3) is 0.826. The van der Waals surface area contributed by atoms with E-state index >= 15 is 0 Å². The SMILES string of the molecule is COC(=O)[C@@]12O[C@@](C(=O)OC)([C@H]3[C@H]4[C@@H](C[C@H]31)[C@@]1(C(=O)OC)O[C@]4(C(=O)OC)C1(OC)OC)C2(OC)OC. The van der Waals surface area contributed by atoms with Crippen molar-refractivity contribution in [3.8, 4) is 0 Å². The van der Waals surface area contributed by atoms with Crippen molar-refractivity contribution in [1.29, 1.82) is 0 Å². The van der Waals surface area contributed by atoms with Crippen LogP contribution in [0, 0.1) is 23.7 Å². The lowest BCUT2D eigenvalue weighted by molar-refractivity contribution is -0.453. The highest BCUT2D eigenvalue weighted by molar-refractivity contribution is 5.98. The Morgan fingerprint density at radius 3 is 1.03 bits per heavy atom. The fourth-order valence-corrected chi connectivity index (χ4v) is 8.69. The zero-order valence-corrected chi connectivity index (χ0v) is 21.7. The van der Waals surface area contributed by atoms with Crippen LogP contribution in [0.3, 0.4) is 0 Å². The molecule has 206 valence electrons. The van der Waals surface area contributed by atoms with Crippen molar-refractivity contribution in [2.75, 3.05) is 56.9 Å². The highest BCUT2D eigenvalue weighted by Crippen LogP contribution is 2.84. The second-order valence-corrected chi connectivity index (χ2v) is 9.66. The van der Waals surface area contributed by atoms with Crippen molar-refractivity contribution in [1.82, 2.24) is 0 Å². The molecule has 0 aromatic heterocycles. The van der Waals surface area contributed by atoms with Gasteiger partial charge in [0, 0.05) is 52.1 Å². The van der Waals surface area contributed by atoms with E-state index in [1.807, 2.05) is 0 Å². The normalized spacial score (nSPS) is 44.5. The number of hydrogen-bond acceptors (Lipinski definition) is 14. The Morgan fingerprint density at radius 2 is 0.784 bits per heavy atom. The summed E-state index contributed by atoms with van der Waals surface area (Å²) in [7, 11) is 9.62. The van der Waals surface area contributed by atoms with Gasteiger partial charge in [-0.3, -0.25) is 0 Å². The molecule has 0 aromatic rings. The molecule has 0 N–H and O–H groups in total. The van der Waals surface area contributed by atoms with E-state index in [4.69, 9.17) is 47.4 Å². The van der Waals surface area contributed by atoms with Crippen molar-refractivity contribution >= 4 is 23.9 Å². The van der Waals surface area contributed by atoms with Gasteiger partial charge < -0.3 is 47.4 Å². The smallest absolute Gasteiger partial charge is 0.344 e. The molecule has 0 aromatic carbocycles. The number of hydrogen-bond donors (Lipinski definition) is 0. The quantitative estimate of drug-likeness (QED) is 0.204. The Hall–Kier alpha value is -2.36. The van der Waals surface area contributed by atoms with Crippen LogP contribution in [-0.4, -0.2) is 115 Å². The summed E-state index contributed by atoms with van der Waals surface area (Å²) in [4.78, 5) is 53.9. The predicted octanol–water partition coefficient (Wildman–Crippen LogP) is -1.43. The highest BCUT2D eigenvalue weighted by atomic mass is 16.8. The van der Waals surface area contributed by atoms with E-state index in [0.717, 1.165) is 28.4 Å². The molecule has 0 amide bonds. The van der Waals surface area contributed by atoms with Crippen LogP contribution in [0.2, 0.25) is 0 Å². The molecular weight excluding hydrogens is 500 g/mol. The summed E-state index contributed by atoms with van der Waals surface area (Å²) in [5.74, 6) is -11.3. The van der Waals surface area contributed by atoms with Gasteiger partial charge in [-0.15, -0.1) is 0 Å². The van der Waals surface area contributed by atoms with Gasteiger partial charge in [-0.05, 0) is 6.42 Å². The summed E-state index contributed by atoms with van der Waals surface area (Å²) in [6.45, 7) is 0. The number of ether oxygens (including phenoxy) is 10. The predicted molar refractivity (Wildman–Crippen MR) is 113 cm³/mol. The van der Waals surface area contributed by atoms with E-state index in [2.05, 4.69) is 0 Å². The number of carbonyl (C=O) groups is 4. The Labute approximate surface area is 212 Å².